The van der Waals surface area contributed by atoms with Gasteiger partial charge in [0, 0.05) is 18.7 Å². The molecule has 0 saturated carbocycles. The van der Waals surface area contributed by atoms with Crippen molar-refractivity contribution < 1.29 is 19.5 Å². The first-order valence-corrected chi connectivity index (χ1v) is 9.06. The number of likely N-dealkylation sites (tertiary alicyclic amines) is 1. The van der Waals surface area contributed by atoms with Crippen LogP contribution in [0.2, 0.25) is 0 Å². The molecule has 0 unspecified atom stereocenters. The van der Waals surface area contributed by atoms with Crippen LogP contribution < -0.4 is 0 Å². The zero-order valence-corrected chi connectivity index (χ0v) is 14.8. The first-order valence-electron chi connectivity index (χ1n) is 9.06. The highest BCUT2D eigenvalue weighted by atomic mass is 16.3. The molecular formula is C21H20N2O4. The molecule has 1 saturated heterocycles. The highest BCUT2D eigenvalue weighted by molar-refractivity contribution is 6.21. The second-order valence-corrected chi connectivity index (χ2v) is 6.97. The SMILES string of the molecule is O=C(c1cccc(CN2C(=O)c3ccccc3C2=O)c1)N1CCC(O)CC1. The van der Waals surface area contributed by atoms with E-state index in [2.05, 4.69) is 0 Å². The van der Waals surface area contributed by atoms with Gasteiger partial charge in [0.05, 0.1) is 23.8 Å². The van der Waals surface area contributed by atoms with E-state index in [1.165, 1.54) is 4.90 Å². The van der Waals surface area contributed by atoms with Crippen LogP contribution in [0, 0.1) is 0 Å². The largest absolute Gasteiger partial charge is 0.393 e. The summed E-state index contributed by atoms with van der Waals surface area (Å²) in [7, 11) is 0. The summed E-state index contributed by atoms with van der Waals surface area (Å²) in [5, 5.41) is 9.60. The van der Waals surface area contributed by atoms with Gasteiger partial charge in [-0.05, 0) is 42.7 Å². The number of carbonyl (C=O) groups excluding carboxylic acids is 3. The third-order valence-electron chi connectivity index (χ3n) is 5.14. The quantitative estimate of drug-likeness (QED) is 0.846. The average Bonchev–Trinajstić information content (AvgIpc) is 2.93. The molecule has 2 aromatic rings. The van der Waals surface area contributed by atoms with Crippen LogP contribution >= 0.6 is 0 Å². The van der Waals surface area contributed by atoms with Crippen LogP contribution in [0.4, 0.5) is 0 Å². The van der Waals surface area contributed by atoms with Crippen molar-refractivity contribution in [1.29, 1.82) is 0 Å². The molecular weight excluding hydrogens is 344 g/mol. The van der Waals surface area contributed by atoms with Gasteiger partial charge in [-0.3, -0.25) is 19.3 Å². The molecule has 2 aliphatic rings. The van der Waals surface area contributed by atoms with E-state index in [0.717, 1.165) is 5.56 Å². The molecule has 2 aromatic carbocycles. The normalized spacial score (nSPS) is 17.4. The number of benzene rings is 2. The van der Waals surface area contributed by atoms with Gasteiger partial charge >= 0.3 is 0 Å². The molecule has 138 valence electrons. The van der Waals surface area contributed by atoms with Gasteiger partial charge in [0.15, 0.2) is 0 Å². The topological polar surface area (TPSA) is 77.9 Å². The Balaban J connectivity index is 1.51. The molecule has 6 nitrogen and oxygen atoms in total. The lowest BCUT2D eigenvalue weighted by atomic mass is 10.1. The van der Waals surface area contributed by atoms with E-state index in [9.17, 15) is 19.5 Å². The Morgan fingerprint density at radius 1 is 0.963 bits per heavy atom. The van der Waals surface area contributed by atoms with Crippen LogP contribution in [0.1, 0.15) is 49.5 Å². The van der Waals surface area contributed by atoms with E-state index in [4.69, 9.17) is 0 Å². The number of hydrogen-bond donors (Lipinski definition) is 1. The third kappa shape index (κ3) is 3.24. The van der Waals surface area contributed by atoms with E-state index < -0.39 is 0 Å². The van der Waals surface area contributed by atoms with Crippen molar-refractivity contribution in [3.63, 3.8) is 0 Å². The third-order valence-corrected chi connectivity index (χ3v) is 5.14. The minimum atomic E-state index is -0.339. The lowest BCUT2D eigenvalue weighted by Crippen LogP contribution is -2.40. The van der Waals surface area contributed by atoms with Crippen LogP contribution in [-0.2, 0) is 6.54 Å². The fourth-order valence-corrected chi connectivity index (χ4v) is 3.62. The monoisotopic (exact) mass is 364 g/mol. The number of rotatable bonds is 3. The van der Waals surface area contributed by atoms with Gasteiger partial charge in [-0.15, -0.1) is 0 Å². The summed E-state index contributed by atoms with van der Waals surface area (Å²) in [6.07, 6.45) is 0.829. The fraction of sp³-hybridized carbons (Fsp3) is 0.286. The Morgan fingerprint density at radius 2 is 1.59 bits per heavy atom. The number of amides is 3. The van der Waals surface area contributed by atoms with Crippen molar-refractivity contribution in [1.82, 2.24) is 9.80 Å². The van der Waals surface area contributed by atoms with Crippen LogP contribution in [0.15, 0.2) is 48.5 Å². The van der Waals surface area contributed by atoms with Crippen molar-refractivity contribution in [2.75, 3.05) is 13.1 Å². The van der Waals surface area contributed by atoms with Gasteiger partial charge < -0.3 is 10.0 Å². The Bertz CT molecular complexity index is 881. The van der Waals surface area contributed by atoms with E-state index in [0.29, 0.717) is 42.6 Å². The van der Waals surface area contributed by atoms with Gasteiger partial charge in [0.1, 0.15) is 0 Å². The van der Waals surface area contributed by atoms with Crippen LogP contribution in [-0.4, -0.2) is 51.8 Å². The first-order chi connectivity index (χ1) is 13.0. The van der Waals surface area contributed by atoms with Crippen molar-refractivity contribution in [3.8, 4) is 0 Å². The first kappa shape index (κ1) is 17.4. The lowest BCUT2D eigenvalue weighted by Gasteiger charge is -2.29. The summed E-state index contributed by atoms with van der Waals surface area (Å²) in [5.41, 5.74) is 2.09. The number of carbonyl (C=O) groups is 3. The number of imide groups is 1. The molecule has 1 fully saturated rings. The van der Waals surface area contributed by atoms with Crippen LogP contribution in [0.3, 0.4) is 0 Å². The predicted molar refractivity (Wildman–Crippen MR) is 98.2 cm³/mol. The van der Waals surface area contributed by atoms with Gasteiger partial charge in [-0.2, -0.15) is 0 Å². The molecule has 0 spiro atoms. The fourth-order valence-electron chi connectivity index (χ4n) is 3.62. The van der Waals surface area contributed by atoms with Crippen molar-refractivity contribution in [2.24, 2.45) is 0 Å². The minimum Gasteiger partial charge on any atom is -0.393 e. The molecule has 2 aliphatic heterocycles. The highest BCUT2D eigenvalue weighted by Crippen LogP contribution is 2.24. The number of piperidine rings is 1. The van der Waals surface area contributed by atoms with E-state index >= 15 is 0 Å². The standard InChI is InChI=1S/C21H20N2O4/c24-16-8-10-22(11-9-16)19(25)15-5-3-4-14(12-15)13-23-20(26)17-6-1-2-7-18(17)21(23)27/h1-7,12,16,24H,8-11,13H2. The molecule has 0 atom stereocenters. The van der Waals surface area contributed by atoms with Crippen molar-refractivity contribution in [3.05, 3.63) is 70.8 Å². The molecule has 4 rings (SSSR count). The highest BCUT2D eigenvalue weighted by Gasteiger charge is 2.35. The van der Waals surface area contributed by atoms with E-state index in [1.54, 1.807) is 53.4 Å². The molecule has 0 aliphatic carbocycles. The Kier molecular flexibility index (Phi) is 4.49. The summed E-state index contributed by atoms with van der Waals surface area (Å²) >= 11 is 0. The maximum atomic E-state index is 12.7. The molecule has 3 amide bonds. The van der Waals surface area contributed by atoms with Crippen LogP contribution in [0.5, 0.6) is 0 Å². The van der Waals surface area contributed by atoms with E-state index in [-0.39, 0.29) is 30.4 Å². The zero-order chi connectivity index (χ0) is 19.0. The maximum Gasteiger partial charge on any atom is 0.261 e. The Labute approximate surface area is 157 Å². The van der Waals surface area contributed by atoms with Crippen molar-refractivity contribution in [2.45, 2.75) is 25.5 Å². The van der Waals surface area contributed by atoms with E-state index in [1.807, 2.05) is 0 Å². The van der Waals surface area contributed by atoms with Gasteiger partial charge in [0.2, 0.25) is 0 Å². The van der Waals surface area contributed by atoms with Gasteiger partial charge in [-0.25, -0.2) is 0 Å². The molecule has 0 bridgehead atoms. The van der Waals surface area contributed by atoms with Gasteiger partial charge in [0.25, 0.3) is 17.7 Å². The summed E-state index contributed by atoms with van der Waals surface area (Å²) in [6, 6.07) is 13.8. The summed E-state index contributed by atoms with van der Waals surface area (Å²) in [6.45, 7) is 1.19. The Morgan fingerprint density at radius 3 is 2.22 bits per heavy atom. The molecule has 0 aromatic heterocycles. The second kappa shape index (κ2) is 6.96. The average molecular weight is 364 g/mol. The van der Waals surface area contributed by atoms with Gasteiger partial charge in [-0.1, -0.05) is 24.3 Å². The molecule has 1 N–H and O–H groups in total. The zero-order valence-electron chi connectivity index (χ0n) is 14.8. The maximum absolute atomic E-state index is 12.7. The summed E-state index contributed by atoms with van der Waals surface area (Å²) < 4.78 is 0. The summed E-state index contributed by atoms with van der Waals surface area (Å²) in [5.74, 6) is -0.708. The van der Waals surface area contributed by atoms with Crippen molar-refractivity contribution >= 4 is 17.7 Å². The second-order valence-electron chi connectivity index (χ2n) is 6.97. The number of hydrogen-bond acceptors (Lipinski definition) is 4. The number of aliphatic hydroxyl groups is 1. The number of aliphatic hydroxyl groups excluding tert-OH is 1. The molecule has 27 heavy (non-hydrogen) atoms. The number of fused-ring (bicyclic) bond motifs is 1. The molecule has 6 heteroatoms. The lowest BCUT2D eigenvalue weighted by molar-refractivity contribution is 0.0546. The summed E-state index contributed by atoms with van der Waals surface area (Å²) in [4.78, 5) is 40.7. The minimum absolute atomic E-state index is 0.0916. The number of nitrogens with zero attached hydrogens (tertiary/aromatic N) is 2. The Hall–Kier alpha value is -2.99. The molecule has 0 radical (unpaired) electrons. The predicted octanol–water partition coefficient (Wildman–Crippen LogP) is 2.08. The smallest absolute Gasteiger partial charge is 0.261 e. The van der Waals surface area contributed by atoms with Crippen LogP contribution in [0.25, 0.3) is 0 Å². The molecule has 2 heterocycles.